The Hall–Kier alpha value is -1.48. The Bertz CT molecular complexity index is 447. The van der Waals surface area contributed by atoms with E-state index in [1.807, 2.05) is 6.07 Å². The van der Waals surface area contributed by atoms with Crippen molar-refractivity contribution < 1.29 is 5.11 Å². The molecule has 2 aliphatic heterocycles. The second kappa shape index (κ2) is 4.08. The molecule has 1 aromatic carbocycles. The summed E-state index contributed by atoms with van der Waals surface area (Å²) in [5.74, 6) is 0. The minimum Gasteiger partial charge on any atom is -0.513 e. The van der Waals surface area contributed by atoms with Crippen LogP contribution < -0.4 is 10.6 Å². The summed E-state index contributed by atoms with van der Waals surface area (Å²) in [5.41, 5.74) is 3.64. The van der Waals surface area contributed by atoms with Gasteiger partial charge in [0.15, 0.2) is 0 Å². The summed E-state index contributed by atoms with van der Waals surface area (Å²) in [4.78, 5) is 0. The second-order valence-electron chi connectivity index (χ2n) is 4.97. The SMILES string of the molecule is OC=C1NCC2(CCNCC2)c2ccccc21. The van der Waals surface area contributed by atoms with Gasteiger partial charge in [0.2, 0.25) is 0 Å². The third-order valence-corrected chi connectivity index (χ3v) is 4.10. The van der Waals surface area contributed by atoms with Crippen molar-refractivity contribution in [1.29, 1.82) is 0 Å². The number of aliphatic hydroxyl groups excluding tert-OH is 1. The smallest absolute Gasteiger partial charge is 0.103 e. The lowest BCUT2D eigenvalue weighted by molar-refractivity contribution is 0.297. The van der Waals surface area contributed by atoms with E-state index < -0.39 is 0 Å². The summed E-state index contributed by atoms with van der Waals surface area (Å²) in [6.45, 7) is 3.08. The van der Waals surface area contributed by atoms with Gasteiger partial charge in [0.05, 0.1) is 5.70 Å². The van der Waals surface area contributed by atoms with Gasteiger partial charge in [-0.05, 0) is 31.5 Å². The van der Waals surface area contributed by atoms with Crippen molar-refractivity contribution in [3.63, 3.8) is 0 Å². The normalized spacial score (nSPS) is 24.4. The monoisotopic (exact) mass is 230 g/mol. The van der Waals surface area contributed by atoms with E-state index in [9.17, 15) is 5.11 Å². The summed E-state index contributed by atoms with van der Waals surface area (Å²) in [5, 5.41) is 16.1. The maximum Gasteiger partial charge on any atom is 0.103 e. The van der Waals surface area contributed by atoms with Gasteiger partial charge in [-0.3, -0.25) is 0 Å². The zero-order valence-electron chi connectivity index (χ0n) is 9.87. The Morgan fingerprint density at radius 1 is 1.18 bits per heavy atom. The van der Waals surface area contributed by atoms with E-state index in [4.69, 9.17) is 0 Å². The predicted octanol–water partition coefficient (Wildman–Crippen LogP) is 1.77. The molecule has 2 heterocycles. The van der Waals surface area contributed by atoms with Gasteiger partial charge >= 0.3 is 0 Å². The van der Waals surface area contributed by atoms with Crippen LogP contribution in [-0.2, 0) is 5.41 Å². The Morgan fingerprint density at radius 3 is 2.71 bits per heavy atom. The highest BCUT2D eigenvalue weighted by molar-refractivity contribution is 5.69. The third kappa shape index (κ3) is 1.62. The highest BCUT2D eigenvalue weighted by Crippen LogP contribution is 2.40. The van der Waals surface area contributed by atoms with Crippen LogP contribution in [0.25, 0.3) is 5.70 Å². The molecule has 0 radical (unpaired) electrons. The van der Waals surface area contributed by atoms with E-state index >= 15 is 0 Å². The van der Waals surface area contributed by atoms with Gasteiger partial charge in [-0.15, -0.1) is 0 Å². The molecule has 1 spiro atoms. The first-order chi connectivity index (χ1) is 8.36. The standard InChI is InChI=1S/C14H18N2O/c17-9-13-11-3-1-2-4-12(11)14(10-16-13)5-7-15-8-6-14/h1-4,9,15-17H,5-8,10H2. The number of rotatable bonds is 0. The first kappa shape index (κ1) is 10.7. The van der Waals surface area contributed by atoms with Crippen LogP contribution in [0.5, 0.6) is 0 Å². The average molecular weight is 230 g/mol. The van der Waals surface area contributed by atoms with Crippen molar-refractivity contribution in [2.24, 2.45) is 0 Å². The molecule has 3 heteroatoms. The Balaban J connectivity index is 2.10. The molecule has 17 heavy (non-hydrogen) atoms. The van der Waals surface area contributed by atoms with Crippen LogP contribution >= 0.6 is 0 Å². The Labute approximate surface area is 102 Å². The van der Waals surface area contributed by atoms with Gasteiger partial charge in [0.25, 0.3) is 0 Å². The molecule has 90 valence electrons. The molecule has 1 saturated heterocycles. The number of nitrogens with one attached hydrogen (secondary N) is 2. The highest BCUT2D eigenvalue weighted by atomic mass is 16.2. The summed E-state index contributed by atoms with van der Waals surface area (Å²) in [6.07, 6.45) is 3.51. The Morgan fingerprint density at radius 2 is 1.94 bits per heavy atom. The van der Waals surface area contributed by atoms with Crippen LogP contribution in [0.15, 0.2) is 30.5 Å². The van der Waals surface area contributed by atoms with Gasteiger partial charge in [-0.25, -0.2) is 0 Å². The number of hydrogen-bond acceptors (Lipinski definition) is 3. The van der Waals surface area contributed by atoms with E-state index in [-0.39, 0.29) is 5.41 Å². The van der Waals surface area contributed by atoms with Crippen molar-refractivity contribution in [3.05, 3.63) is 41.7 Å². The molecule has 3 N–H and O–H groups in total. The van der Waals surface area contributed by atoms with Crippen molar-refractivity contribution in [2.75, 3.05) is 19.6 Å². The zero-order valence-corrected chi connectivity index (χ0v) is 9.87. The first-order valence-corrected chi connectivity index (χ1v) is 6.25. The molecule has 0 atom stereocenters. The molecule has 0 amide bonds. The fraction of sp³-hybridized carbons (Fsp3) is 0.429. The fourth-order valence-electron chi connectivity index (χ4n) is 3.10. The van der Waals surface area contributed by atoms with E-state index in [1.165, 1.54) is 11.8 Å². The van der Waals surface area contributed by atoms with E-state index in [2.05, 4.69) is 28.8 Å². The molecule has 0 aromatic heterocycles. The van der Waals surface area contributed by atoms with E-state index in [0.717, 1.165) is 43.7 Å². The zero-order chi connectivity index (χ0) is 11.7. The van der Waals surface area contributed by atoms with Crippen LogP contribution in [0.1, 0.15) is 24.0 Å². The van der Waals surface area contributed by atoms with Crippen molar-refractivity contribution in [1.82, 2.24) is 10.6 Å². The molecule has 3 nitrogen and oxygen atoms in total. The summed E-state index contributed by atoms with van der Waals surface area (Å²) in [7, 11) is 0. The molecule has 0 bridgehead atoms. The molecule has 1 fully saturated rings. The quantitative estimate of drug-likeness (QED) is 0.595. The van der Waals surface area contributed by atoms with E-state index in [1.54, 1.807) is 0 Å². The van der Waals surface area contributed by atoms with Crippen LogP contribution in [0.3, 0.4) is 0 Å². The van der Waals surface area contributed by atoms with E-state index in [0.29, 0.717) is 0 Å². The third-order valence-electron chi connectivity index (χ3n) is 4.10. The number of piperidine rings is 1. The topological polar surface area (TPSA) is 44.3 Å². The summed E-state index contributed by atoms with van der Waals surface area (Å²) < 4.78 is 0. The lowest BCUT2D eigenvalue weighted by atomic mass is 9.69. The lowest BCUT2D eigenvalue weighted by Crippen LogP contribution is -2.49. The summed E-state index contributed by atoms with van der Waals surface area (Å²) in [6, 6.07) is 8.44. The molecule has 1 aromatic rings. The molecule has 0 saturated carbocycles. The number of hydrogen-bond donors (Lipinski definition) is 3. The molecule has 0 unspecified atom stereocenters. The van der Waals surface area contributed by atoms with Crippen LogP contribution in [0, 0.1) is 0 Å². The van der Waals surface area contributed by atoms with Gasteiger partial charge in [0, 0.05) is 17.5 Å². The first-order valence-electron chi connectivity index (χ1n) is 6.25. The number of benzene rings is 1. The van der Waals surface area contributed by atoms with Crippen molar-refractivity contribution >= 4 is 5.70 Å². The van der Waals surface area contributed by atoms with Crippen molar-refractivity contribution in [3.8, 4) is 0 Å². The van der Waals surface area contributed by atoms with Crippen LogP contribution in [-0.4, -0.2) is 24.7 Å². The minimum atomic E-state index is 0.244. The van der Waals surface area contributed by atoms with Gasteiger partial charge in [0.1, 0.15) is 6.26 Å². The molecule has 2 aliphatic rings. The number of aliphatic hydroxyl groups is 1. The minimum absolute atomic E-state index is 0.244. The van der Waals surface area contributed by atoms with Gasteiger partial charge in [-0.1, -0.05) is 24.3 Å². The second-order valence-corrected chi connectivity index (χ2v) is 4.97. The molecular weight excluding hydrogens is 212 g/mol. The molecule has 3 rings (SSSR count). The lowest BCUT2D eigenvalue weighted by Gasteiger charge is -2.43. The fourth-order valence-corrected chi connectivity index (χ4v) is 3.10. The molecular formula is C14H18N2O. The highest BCUT2D eigenvalue weighted by Gasteiger charge is 2.38. The van der Waals surface area contributed by atoms with Gasteiger partial charge < -0.3 is 15.7 Å². The Kier molecular flexibility index (Phi) is 2.56. The van der Waals surface area contributed by atoms with Gasteiger partial charge in [-0.2, -0.15) is 0 Å². The molecule has 0 aliphatic carbocycles. The largest absolute Gasteiger partial charge is 0.513 e. The maximum absolute atomic E-state index is 9.29. The summed E-state index contributed by atoms with van der Waals surface area (Å²) >= 11 is 0. The van der Waals surface area contributed by atoms with Crippen LogP contribution in [0.4, 0.5) is 0 Å². The van der Waals surface area contributed by atoms with Crippen molar-refractivity contribution in [2.45, 2.75) is 18.3 Å². The average Bonchev–Trinajstić information content (AvgIpc) is 2.41. The maximum atomic E-state index is 9.29. The predicted molar refractivity (Wildman–Crippen MR) is 68.8 cm³/mol. The number of fused-ring (bicyclic) bond motifs is 2. The van der Waals surface area contributed by atoms with Crippen LogP contribution in [0.2, 0.25) is 0 Å².